The Morgan fingerprint density at radius 2 is 1.97 bits per heavy atom. The fraction of sp³-hybridized carbons (Fsp3) is 0.0909. The van der Waals surface area contributed by atoms with Crippen molar-refractivity contribution in [2.75, 3.05) is 7.11 Å². The largest absolute Gasteiger partial charge is 0.496 e. The van der Waals surface area contributed by atoms with Crippen molar-refractivity contribution in [3.05, 3.63) is 87.5 Å². The lowest BCUT2D eigenvalue weighted by Gasteiger charge is -2.12. The summed E-state index contributed by atoms with van der Waals surface area (Å²) in [6, 6.07) is 12.4. The number of rotatable bonds is 6. The number of nitrogens with one attached hydrogen (secondary N) is 1. The van der Waals surface area contributed by atoms with Gasteiger partial charge in [-0.2, -0.15) is 0 Å². The van der Waals surface area contributed by atoms with Crippen LogP contribution in [0.15, 0.2) is 64.7 Å². The number of carbonyl (C=O) groups excluding carboxylic acids is 2. The SMILES string of the molecule is COc1ccc([N+](=O)[O-])cc1-c1ccc(/C=C2\NC(=O)N(Cc3ccccc3F)C2=O)o1. The highest BCUT2D eigenvalue weighted by atomic mass is 19.1. The number of ether oxygens (including phenoxy) is 1. The zero-order valence-electron chi connectivity index (χ0n) is 16.7. The number of nitro groups is 1. The lowest BCUT2D eigenvalue weighted by atomic mass is 10.1. The lowest BCUT2D eigenvalue weighted by molar-refractivity contribution is -0.384. The Hall–Kier alpha value is -4.47. The normalized spacial score (nSPS) is 14.7. The highest BCUT2D eigenvalue weighted by Gasteiger charge is 2.34. The number of halogens is 1. The van der Waals surface area contributed by atoms with Crippen LogP contribution in [0.4, 0.5) is 14.9 Å². The predicted molar refractivity (Wildman–Crippen MR) is 111 cm³/mol. The summed E-state index contributed by atoms with van der Waals surface area (Å²) < 4.78 is 24.8. The smallest absolute Gasteiger partial charge is 0.329 e. The maximum Gasteiger partial charge on any atom is 0.329 e. The van der Waals surface area contributed by atoms with E-state index in [1.807, 2.05) is 0 Å². The van der Waals surface area contributed by atoms with Gasteiger partial charge in [-0.3, -0.25) is 19.8 Å². The van der Waals surface area contributed by atoms with Gasteiger partial charge in [0.15, 0.2) is 0 Å². The summed E-state index contributed by atoms with van der Waals surface area (Å²) >= 11 is 0. The number of carbonyl (C=O) groups is 2. The molecular formula is C22H16FN3O6. The highest BCUT2D eigenvalue weighted by molar-refractivity contribution is 6.13. The van der Waals surface area contributed by atoms with Crippen LogP contribution >= 0.6 is 0 Å². The van der Waals surface area contributed by atoms with Gasteiger partial charge in [0, 0.05) is 23.8 Å². The average molecular weight is 437 g/mol. The molecule has 2 aromatic carbocycles. The second kappa shape index (κ2) is 8.34. The molecular weight excluding hydrogens is 421 g/mol. The van der Waals surface area contributed by atoms with Crippen LogP contribution < -0.4 is 10.1 Å². The molecule has 1 fully saturated rings. The summed E-state index contributed by atoms with van der Waals surface area (Å²) in [6.07, 6.45) is 1.33. The molecule has 1 aliphatic rings. The van der Waals surface area contributed by atoms with Gasteiger partial charge in [-0.25, -0.2) is 9.18 Å². The first-order chi connectivity index (χ1) is 15.4. The summed E-state index contributed by atoms with van der Waals surface area (Å²) in [5, 5.41) is 13.5. The van der Waals surface area contributed by atoms with Crippen LogP contribution in [-0.2, 0) is 11.3 Å². The number of furan rings is 1. The molecule has 0 radical (unpaired) electrons. The quantitative estimate of drug-likeness (QED) is 0.269. The number of urea groups is 1. The Bertz CT molecular complexity index is 1270. The molecule has 0 bridgehead atoms. The maximum absolute atomic E-state index is 13.9. The Balaban J connectivity index is 1.59. The van der Waals surface area contributed by atoms with Crippen molar-refractivity contribution in [1.82, 2.24) is 10.2 Å². The van der Waals surface area contributed by atoms with E-state index in [0.29, 0.717) is 11.3 Å². The van der Waals surface area contributed by atoms with E-state index in [9.17, 15) is 24.1 Å². The van der Waals surface area contributed by atoms with Crippen LogP contribution in [0.3, 0.4) is 0 Å². The minimum atomic E-state index is -0.684. The Kier molecular flexibility index (Phi) is 5.42. The molecule has 3 aromatic rings. The number of hydrogen-bond donors (Lipinski definition) is 1. The van der Waals surface area contributed by atoms with Crippen LogP contribution in [-0.4, -0.2) is 28.9 Å². The molecule has 0 spiro atoms. The Morgan fingerprint density at radius 3 is 2.69 bits per heavy atom. The fourth-order valence-corrected chi connectivity index (χ4v) is 3.23. The van der Waals surface area contributed by atoms with E-state index in [4.69, 9.17) is 9.15 Å². The maximum atomic E-state index is 13.9. The van der Waals surface area contributed by atoms with Gasteiger partial charge in [0.1, 0.15) is 28.8 Å². The topological polar surface area (TPSA) is 115 Å². The zero-order chi connectivity index (χ0) is 22.8. The third-order valence-electron chi connectivity index (χ3n) is 4.82. The van der Waals surface area contributed by atoms with Crippen LogP contribution in [0.2, 0.25) is 0 Å². The molecule has 32 heavy (non-hydrogen) atoms. The summed E-state index contributed by atoms with van der Waals surface area (Å²) in [7, 11) is 1.42. The van der Waals surface area contributed by atoms with E-state index in [1.165, 1.54) is 49.6 Å². The molecule has 9 nitrogen and oxygen atoms in total. The molecule has 0 atom stereocenters. The molecule has 4 rings (SSSR count). The average Bonchev–Trinajstić information content (AvgIpc) is 3.35. The van der Waals surface area contributed by atoms with Crippen LogP contribution in [0.1, 0.15) is 11.3 Å². The molecule has 0 unspecified atom stereocenters. The van der Waals surface area contributed by atoms with Crippen LogP contribution in [0, 0.1) is 15.9 Å². The van der Waals surface area contributed by atoms with E-state index >= 15 is 0 Å². The van der Waals surface area contributed by atoms with Crippen molar-refractivity contribution in [3.8, 4) is 17.1 Å². The Morgan fingerprint density at radius 1 is 1.19 bits per heavy atom. The summed E-state index contributed by atoms with van der Waals surface area (Å²) in [5.74, 6) is -0.288. The van der Waals surface area contributed by atoms with Gasteiger partial charge >= 0.3 is 6.03 Å². The van der Waals surface area contributed by atoms with Crippen molar-refractivity contribution in [2.45, 2.75) is 6.54 Å². The minimum absolute atomic E-state index is 0.0433. The number of amides is 3. The minimum Gasteiger partial charge on any atom is -0.496 e. The van der Waals surface area contributed by atoms with Gasteiger partial charge in [0.25, 0.3) is 11.6 Å². The van der Waals surface area contributed by atoms with E-state index in [-0.39, 0.29) is 35.0 Å². The first-order valence-electron chi connectivity index (χ1n) is 9.38. The van der Waals surface area contributed by atoms with Crippen molar-refractivity contribution in [2.24, 2.45) is 0 Å². The monoisotopic (exact) mass is 437 g/mol. The number of hydrogen-bond acceptors (Lipinski definition) is 6. The van der Waals surface area contributed by atoms with Gasteiger partial charge in [0.2, 0.25) is 0 Å². The molecule has 10 heteroatoms. The molecule has 2 heterocycles. The second-order valence-corrected chi connectivity index (χ2v) is 6.81. The van der Waals surface area contributed by atoms with E-state index in [2.05, 4.69) is 5.32 Å². The van der Waals surface area contributed by atoms with Crippen LogP contribution in [0.5, 0.6) is 5.75 Å². The van der Waals surface area contributed by atoms with Crippen molar-refractivity contribution < 1.29 is 28.1 Å². The number of benzene rings is 2. The number of non-ortho nitro benzene ring substituents is 1. The Labute approximate surface area is 180 Å². The van der Waals surface area contributed by atoms with Gasteiger partial charge < -0.3 is 14.5 Å². The molecule has 162 valence electrons. The van der Waals surface area contributed by atoms with Crippen molar-refractivity contribution >= 4 is 23.7 Å². The van der Waals surface area contributed by atoms with Gasteiger partial charge in [-0.05, 0) is 24.3 Å². The molecule has 0 saturated carbocycles. The highest BCUT2D eigenvalue weighted by Crippen LogP contribution is 2.35. The summed E-state index contributed by atoms with van der Waals surface area (Å²) in [5.41, 5.74) is 0.377. The van der Waals surface area contributed by atoms with E-state index < -0.39 is 22.7 Å². The third-order valence-corrected chi connectivity index (χ3v) is 4.82. The number of imide groups is 1. The first-order valence-corrected chi connectivity index (χ1v) is 9.38. The molecule has 1 N–H and O–H groups in total. The molecule has 1 aromatic heterocycles. The number of nitrogens with zero attached hydrogens (tertiary/aromatic N) is 2. The summed E-state index contributed by atoms with van der Waals surface area (Å²) in [6.45, 7) is -0.219. The molecule has 3 amide bonds. The summed E-state index contributed by atoms with van der Waals surface area (Å²) in [4.78, 5) is 36.3. The number of nitro benzene ring substituents is 1. The lowest BCUT2D eigenvalue weighted by Crippen LogP contribution is -2.30. The zero-order valence-corrected chi connectivity index (χ0v) is 16.7. The second-order valence-electron chi connectivity index (χ2n) is 6.81. The van der Waals surface area contributed by atoms with Crippen molar-refractivity contribution in [1.29, 1.82) is 0 Å². The molecule has 1 saturated heterocycles. The third kappa shape index (κ3) is 3.93. The van der Waals surface area contributed by atoms with Gasteiger partial charge in [0.05, 0.1) is 24.1 Å². The fourth-order valence-electron chi connectivity index (χ4n) is 3.23. The van der Waals surface area contributed by atoms with E-state index in [1.54, 1.807) is 18.2 Å². The van der Waals surface area contributed by atoms with Crippen LogP contribution in [0.25, 0.3) is 17.4 Å². The molecule has 1 aliphatic heterocycles. The molecule has 0 aliphatic carbocycles. The standard InChI is InChI=1S/C22H16FN3O6/c1-31-19-8-6-14(26(29)30)10-16(19)20-9-7-15(32-20)11-18-21(27)25(22(28)24-18)12-13-4-2-3-5-17(13)23/h2-11H,12H2,1H3,(H,24,28)/b18-11-. The van der Waals surface area contributed by atoms with Gasteiger partial charge in [-0.15, -0.1) is 0 Å². The van der Waals surface area contributed by atoms with E-state index in [0.717, 1.165) is 4.90 Å². The number of methoxy groups -OCH3 is 1. The van der Waals surface area contributed by atoms with Crippen molar-refractivity contribution in [3.63, 3.8) is 0 Å². The predicted octanol–water partition coefficient (Wildman–Crippen LogP) is 4.10. The first kappa shape index (κ1) is 20.8. The van der Waals surface area contributed by atoms with Gasteiger partial charge in [-0.1, -0.05) is 18.2 Å².